The van der Waals surface area contributed by atoms with Crippen LogP contribution in [0.25, 0.3) is 10.9 Å². The van der Waals surface area contributed by atoms with Crippen LogP contribution in [0.15, 0.2) is 16.9 Å². The number of pyridine rings is 1. The molecule has 1 aromatic carbocycles. The first-order chi connectivity index (χ1) is 8.08. The number of aromatic nitrogens is 1. The van der Waals surface area contributed by atoms with Gasteiger partial charge in [-0.1, -0.05) is 11.6 Å². The molecule has 1 aromatic heterocycles. The van der Waals surface area contributed by atoms with Crippen molar-refractivity contribution in [3.63, 3.8) is 0 Å². The molecule has 0 fully saturated rings. The minimum Gasteiger partial charge on any atom is -0.495 e. The van der Waals surface area contributed by atoms with E-state index in [0.717, 1.165) is 10.9 Å². The van der Waals surface area contributed by atoms with Crippen LogP contribution in [-0.4, -0.2) is 12.1 Å². The molecule has 2 aromatic rings. The lowest BCUT2D eigenvalue weighted by Crippen LogP contribution is -2.18. The fourth-order valence-corrected chi connectivity index (χ4v) is 2.14. The maximum atomic E-state index is 11.7. The number of aromatic amines is 1. The molecule has 0 bridgehead atoms. The third-order valence-electron chi connectivity index (χ3n) is 2.88. The summed E-state index contributed by atoms with van der Waals surface area (Å²) in [7, 11) is 1.55. The number of hydrogen-bond donors (Lipinski definition) is 2. The Kier molecular flexibility index (Phi) is 3.09. The molecule has 0 unspecified atom stereocenters. The molecule has 0 aliphatic carbocycles. The Bertz CT molecular complexity index is 634. The largest absolute Gasteiger partial charge is 0.495 e. The van der Waals surface area contributed by atoms with Gasteiger partial charge < -0.3 is 15.5 Å². The van der Waals surface area contributed by atoms with Crippen molar-refractivity contribution in [1.82, 2.24) is 4.98 Å². The molecule has 3 N–H and O–H groups in total. The van der Waals surface area contributed by atoms with E-state index in [2.05, 4.69) is 4.98 Å². The molecule has 0 spiro atoms. The number of H-pyrrole nitrogens is 1. The second kappa shape index (κ2) is 4.39. The van der Waals surface area contributed by atoms with Crippen LogP contribution in [0.3, 0.4) is 0 Å². The number of rotatable bonds is 2. The molecular weight excluding hydrogens is 240 g/mol. The predicted molar refractivity (Wildman–Crippen MR) is 68.8 cm³/mol. The molecule has 0 atom stereocenters. The number of hydrogen-bond acceptors (Lipinski definition) is 3. The van der Waals surface area contributed by atoms with Gasteiger partial charge in [0.1, 0.15) is 5.75 Å². The van der Waals surface area contributed by atoms with E-state index in [1.54, 1.807) is 13.2 Å². The fraction of sp³-hybridized carbons (Fsp3) is 0.250. The third kappa shape index (κ3) is 1.90. The zero-order valence-corrected chi connectivity index (χ0v) is 10.4. The molecule has 0 radical (unpaired) electrons. The Morgan fingerprint density at radius 1 is 1.47 bits per heavy atom. The van der Waals surface area contributed by atoms with E-state index < -0.39 is 0 Å². The van der Waals surface area contributed by atoms with Crippen LogP contribution in [-0.2, 0) is 6.54 Å². The summed E-state index contributed by atoms with van der Waals surface area (Å²) in [6, 6.07) is 3.49. The van der Waals surface area contributed by atoms with E-state index in [1.807, 2.05) is 13.0 Å². The molecule has 90 valence electrons. The van der Waals surface area contributed by atoms with Crippen molar-refractivity contribution in [1.29, 1.82) is 0 Å². The average molecular weight is 253 g/mol. The van der Waals surface area contributed by atoms with E-state index >= 15 is 0 Å². The lowest BCUT2D eigenvalue weighted by molar-refractivity contribution is 0.415. The first-order valence-corrected chi connectivity index (χ1v) is 5.55. The Morgan fingerprint density at radius 2 is 2.18 bits per heavy atom. The van der Waals surface area contributed by atoms with Gasteiger partial charge in [-0.3, -0.25) is 4.79 Å². The highest BCUT2D eigenvalue weighted by Gasteiger charge is 2.10. The predicted octanol–water partition coefficient (Wildman–Crippen LogP) is 1.96. The molecule has 0 aliphatic heterocycles. The molecular formula is C12H13ClN2O2. The van der Waals surface area contributed by atoms with Gasteiger partial charge in [-0.2, -0.15) is 0 Å². The topological polar surface area (TPSA) is 68.1 Å². The van der Waals surface area contributed by atoms with Gasteiger partial charge in [0, 0.05) is 17.5 Å². The highest BCUT2D eigenvalue weighted by molar-refractivity contribution is 6.32. The van der Waals surface area contributed by atoms with Gasteiger partial charge >= 0.3 is 0 Å². The highest BCUT2D eigenvalue weighted by Crippen LogP contribution is 2.30. The molecule has 0 saturated heterocycles. The summed E-state index contributed by atoms with van der Waals surface area (Å²) in [6.07, 6.45) is 0. The van der Waals surface area contributed by atoms with Crippen molar-refractivity contribution >= 4 is 22.5 Å². The van der Waals surface area contributed by atoms with Crippen LogP contribution in [0.5, 0.6) is 5.75 Å². The molecule has 0 saturated carbocycles. The maximum Gasteiger partial charge on any atom is 0.253 e. The third-order valence-corrected chi connectivity index (χ3v) is 3.17. The molecule has 2 rings (SSSR count). The van der Waals surface area contributed by atoms with Crippen molar-refractivity contribution in [2.75, 3.05) is 7.11 Å². The number of nitrogens with one attached hydrogen (secondary N) is 1. The van der Waals surface area contributed by atoms with Gasteiger partial charge in [0.15, 0.2) is 0 Å². The van der Waals surface area contributed by atoms with Gasteiger partial charge in [0.2, 0.25) is 0 Å². The molecule has 5 heteroatoms. The van der Waals surface area contributed by atoms with Crippen molar-refractivity contribution in [2.24, 2.45) is 5.73 Å². The zero-order valence-electron chi connectivity index (χ0n) is 9.63. The number of nitrogens with two attached hydrogens (primary N) is 1. The normalized spacial score (nSPS) is 10.8. The fourth-order valence-electron chi connectivity index (χ4n) is 1.90. The Labute approximate surface area is 103 Å². The zero-order chi connectivity index (χ0) is 12.6. The van der Waals surface area contributed by atoms with E-state index in [1.165, 1.54) is 0 Å². The second-order valence-electron chi connectivity index (χ2n) is 3.79. The molecule has 4 nitrogen and oxygen atoms in total. The van der Waals surface area contributed by atoms with E-state index in [-0.39, 0.29) is 12.1 Å². The summed E-state index contributed by atoms with van der Waals surface area (Å²) in [5, 5.41) is 1.36. The highest BCUT2D eigenvalue weighted by atomic mass is 35.5. The van der Waals surface area contributed by atoms with Crippen LogP contribution < -0.4 is 16.0 Å². The minimum atomic E-state index is -0.168. The smallest absolute Gasteiger partial charge is 0.253 e. The Balaban J connectivity index is 2.88. The van der Waals surface area contributed by atoms with Crippen LogP contribution in [0.1, 0.15) is 11.1 Å². The van der Waals surface area contributed by atoms with Crippen molar-refractivity contribution in [2.45, 2.75) is 13.5 Å². The number of benzene rings is 1. The van der Waals surface area contributed by atoms with Crippen LogP contribution in [0.4, 0.5) is 0 Å². The van der Waals surface area contributed by atoms with Crippen molar-refractivity contribution < 1.29 is 4.74 Å². The number of halogens is 1. The van der Waals surface area contributed by atoms with E-state index in [0.29, 0.717) is 21.9 Å². The summed E-state index contributed by atoms with van der Waals surface area (Å²) in [5.41, 5.74) is 7.54. The summed E-state index contributed by atoms with van der Waals surface area (Å²) in [4.78, 5) is 14.5. The Hall–Kier alpha value is -1.52. The second-order valence-corrected chi connectivity index (χ2v) is 4.20. The van der Waals surface area contributed by atoms with Crippen molar-refractivity contribution in [3.05, 3.63) is 38.6 Å². The minimum absolute atomic E-state index is 0.168. The Morgan fingerprint density at radius 3 is 2.76 bits per heavy atom. The first-order valence-electron chi connectivity index (χ1n) is 5.17. The quantitative estimate of drug-likeness (QED) is 0.859. The summed E-state index contributed by atoms with van der Waals surface area (Å²) in [6.45, 7) is 2.08. The van der Waals surface area contributed by atoms with Gasteiger partial charge in [-0.15, -0.1) is 0 Å². The first kappa shape index (κ1) is 12.0. The van der Waals surface area contributed by atoms with Gasteiger partial charge in [-0.25, -0.2) is 0 Å². The standard InChI is InChI=1S/C12H13ClN2O2/c1-6-7-3-11(17-2)9(13)4-10(7)15-12(16)8(6)5-14/h3-4H,5,14H2,1-2H3,(H,15,16). The lowest BCUT2D eigenvalue weighted by atomic mass is 10.0. The molecule has 0 amide bonds. The number of aryl methyl sites for hydroxylation is 1. The van der Waals surface area contributed by atoms with Gasteiger partial charge in [-0.05, 0) is 24.6 Å². The summed E-state index contributed by atoms with van der Waals surface area (Å²) < 4.78 is 5.16. The van der Waals surface area contributed by atoms with Crippen LogP contribution >= 0.6 is 11.6 Å². The molecule has 0 aliphatic rings. The van der Waals surface area contributed by atoms with Crippen LogP contribution in [0, 0.1) is 6.92 Å². The van der Waals surface area contributed by atoms with Crippen molar-refractivity contribution in [3.8, 4) is 5.75 Å². The SMILES string of the molecule is COc1cc2c(C)c(CN)c(=O)[nH]c2cc1Cl. The number of ether oxygens (including phenoxy) is 1. The number of methoxy groups -OCH3 is 1. The monoisotopic (exact) mass is 252 g/mol. The number of fused-ring (bicyclic) bond motifs is 1. The van der Waals surface area contributed by atoms with Gasteiger partial charge in [0.05, 0.1) is 17.6 Å². The summed E-state index contributed by atoms with van der Waals surface area (Å²) in [5.74, 6) is 0.581. The van der Waals surface area contributed by atoms with Crippen LogP contribution in [0.2, 0.25) is 5.02 Å². The van der Waals surface area contributed by atoms with E-state index in [4.69, 9.17) is 22.1 Å². The van der Waals surface area contributed by atoms with Gasteiger partial charge in [0.25, 0.3) is 5.56 Å². The van der Waals surface area contributed by atoms with E-state index in [9.17, 15) is 4.79 Å². The average Bonchev–Trinajstić information content (AvgIpc) is 2.29. The maximum absolute atomic E-state index is 11.7. The molecule has 1 heterocycles. The molecule has 17 heavy (non-hydrogen) atoms. The lowest BCUT2D eigenvalue weighted by Gasteiger charge is -2.10. The summed E-state index contributed by atoms with van der Waals surface area (Å²) >= 11 is 6.01.